The molecule has 0 aliphatic heterocycles. The van der Waals surface area contributed by atoms with Gasteiger partial charge in [0.25, 0.3) is 0 Å². The molecule has 1 heterocycles. The van der Waals surface area contributed by atoms with E-state index in [9.17, 15) is 0 Å². The van der Waals surface area contributed by atoms with Gasteiger partial charge in [-0.15, -0.1) is 11.6 Å². The lowest BCUT2D eigenvalue weighted by atomic mass is 10.0. The van der Waals surface area contributed by atoms with Crippen LogP contribution in [0.25, 0.3) is 11.0 Å². The van der Waals surface area contributed by atoms with Gasteiger partial charge in [0.15, 0.2) is 0 Å². The van der Waals surface area contributed by atoms with Crippen molar-refractivity contribution in [1.82, 2.24) is 9.55 Å². The third-order valence-electron chi connectivity index (χ3n) is 4.56. The van der Waals surface area contributed by atoms with E-state index < -0.39 is 0 Å². The van der Waals surface area contributed by atoms with Crippen LogP contribution >= 0.6 is 27.5 Å². The van der Waals surface area contributed by atoms with Crippen molar-refractivity contribution in [1.29, 1.82) is 0 Å². The number of halogens is 2. The molecule has 1 aliphatic carbocycles. The zero-order valence-electron chi connectivity index (χ0n) is 12.5. The van der Waals surface area contributed by atoms with Crippen molar-refractivity contribution in [3.05, 3.63) is 28.5 Å². The van der Waals surface area contributed by atoms with Gasteiger partial charge in [0.1, 0.15) is 5.82 Å². The molecule has 4 heteroatoms. The topological polar surface area (TPSA) is 17.8 Å². The maximum atomic E-state index is 6.33. The number of aryl methyl sites for hydroxylation is 1. The fraction of sp³-hybridized carbons (Fsp3) is 0.588. The molecule has 1 fully saturated rings. The summed E-state index contributed by atoms with van der Waals surface area (Å²) in [5.41, 5.74) is 2.24. The number of hydrogen-bond acceptors (Lipinski definition) is 1. The molecule has 0 bridgehead atoms. The predicted octanol–water partition coefficient (Wildman–Crippen LogP) is 6.07. The molecule has 114 valence electrons. The van der Waals surface area contributed by atoms with E-state index in [2.05, 4.69) is 32.6 Å². The van der Waals surface area contributed by atoms with E-state index in [1.165, 1.54) is 44.0 Å². The van der Waals surface area contributed by atoms with E-state index in [1.54, 1.807) is 0 Å². The Morgan fingerprint density at radius 3 is 2.86 bits per heavy atom. The zero-order chi connectivity index (χ0) is 14.8. The first-order chi connectivity index (χ1) is 10.1. The maximum Gasteiger partial charge on any atom is 0.127 e. The standard InChI is InChI=1S/C17H22BrClN2/c1-12(19)17-20-15-9-8-14(18)11-16(15)21(17)10-4-7-13-5-2-3-6-13/h8-9,11-13H,2-7,10H2,1H3. The van der Waals surface area contributed by atoms with Gasteiger partial charge in [-0.05, 0) is 43.9 Å². The predicted molar refractivity (Wildman–Crippen MR) is 92.9 cm³/mol. The molecule has 3 rings (SSSR count). The molecule has 1 aliphatic rings. The lowest BCUT2D eigenvalue weighted by molar-refractivity contribution is 0.457. The van der Waals surface area contributed by atoms with Gasteiger partial charge >= 0.3 is 0 Å². The lowest BCUT2D eigenvalue weighted by Gasteiger charge is -2.13. The molecule has 0 N–H and O–H groups in total. The van der Waals surface area contributed by atoms with E-state index in [0.29, 0.717) is 0 Å². The molecule has 0 radical (unpaired) electrons. The third kappa shape index (κ3) is 3.45. The van der Waals surface area contributed by atoms with Gasteiger partial charge in [-0.25, -0.2) is 4.98 Å². The molecule has 0 amide bonds. The molecule has 1 saturated carbocycles. The number of nitrogens with zero attached hydrogens (tertiary/aromatic N) is 2. The highest BCUT2D eigenvalue weighted by molar-refractivity contribution is 9.10. The van der Waals surface area contributed by atoms with Crippen LogP contribution in [-0.2, 0) is 6.54 Å². The average molecular weight is 370 g/mol. The third-order valence-corrected chi connectivity index (χ3v) is 5.25. The summed E-state index contributed by atoms with van der Waals surface area (Å²) < 4.78 is 3.41. The Balaban J connectivity index is 1.80. The highest BCUT2D eigenvalue weighted by atomic mass is 79.9. The molecule has 2 nitrogen and oxygen atoms in total. The van der Waals surface area contributed by atoms with Gasteiger partial charge < -0.3 is 4.57 Å². The fourth-order valence-electron chi connectivity index (χ4n) is 3.49. The Labute approximate surface area is 140 Å². The number of aromatic nitrogens is 2. The first-order valence-electron chi connectivity index (χ1n) is 7.95. The molecule has 0 saturated heterocycles. The van der Waals surface area contributed by atoms with Gasteiger partial charge in [-0.1, -0.05) is 41.6 Å². The molecule has 2 aromatic rings. The molecule has 1 atom stereocenters. The highest BCUT2D eigenvalue weighted by Crippen LogP contribution is 2.30. The summed E-state index contributed by atoms with van der Waals surface area (Å²) in [6, 6.07) is 6.26. The van der Waals surface area contributed by atoms with E-state index in [1.807, 2.05) is 13.0 Å². The Bertz CT molecular complexity index is 615. The summed E-state index contributed by atoms with van der Waals surface area (Å²) in [5.74, 6) is 1.94. The number of benzene rings is 1. The van der Waals surface area contributed by atoms with Gasteiger partial charge in [0.05, 0.1) is 16.4 Å². The van der Waals surface area contributed by atoms with Gasteiger partial charge in [-0.3, -0.25) is 0 Å². The van der Waals surface area contributed by atoms with Crippen LogP contribution < -0.4 is 0 Å². The van der Waals surface area contributed by atoms with E-state index in [-0.39, 0.29) is 5.38 Å². The Kier molecular flexibility index (Phi) is 4.90. The number of fused-ring (bicyclic) bond motifs is 1. The van der Waals surface area contributed by atoms with Crippen LogP contribution in [0.3, 0.4) is 0 Å². The van der Waals surface area contributed by atoms with Crippen molar-refractivity contribution in [3.8, 4) is 0 Å². The smallest absolute Gasteiger partial charge is 0.127 e. The minimum atomic E-state index is -0.0531. The molecule has 21 heavy (non-hydrogen) atoms. The number of alkyl halides is 1. The van der Waals surface area contributed by atoms with Crippen molar-refractivity contribution in [2.24, 2.45) is 5.92 Å². The van der Waals surface area contributed by atoms with Crippen LogP contribution in [0, 0.1) is 5.92 Å². The van der Waals surface area contributed by atoms with Crippen molar-refractivity contribution in [2.45, 2.75) is 57.4 Å². The van der Waals surface area contributed by atoms with Crippen LogP contribution in [0.4, 0.5) is 0 Å². The van der Waals surface area contributed by atoms with Crippen LogP contribution in [0.15, 0.2) is 22.7 Å². The van der Waals surface area contributed by atoms with Crippen LogP contribution in [-0.4, -0.2) is 9.55 Å². The number of imidazole rings is 1. The first kappa shape index (κ1) is 15.4. The maximum absolute atomic E-state index is 6.33. The number of rotatable bonds is 5. The molecule has 0 spiro atoms. The fourth-order valence-corrected chi connectivity index (χ4v) is 4.01. The van der Waals surface area contributed by atoms with E-state index in [4.69, 9.17) is 16.6 Å². The first-order valence-corrected chi connectivity index (χ1v) is 9.18. The summed E-state index contributed by atoms with van der Waals surface area (Å²) in [6.07, 6.45) is 8.26. The summed E-state index contributed by atoms with van der Waals surface area (Å²) in [4.78, 5) is 4.71. The minimum Gasteiger partial charge on any atom is -0.327 e. The second-order valence-electron chi connectivity index (χ2n) is 6.16. The quantitative estimate of drug-likeness (QED) is 0.585. The van der Waals surface area contributed by atoms with Gasteiger partial charge in [0, 0.05) is 11.0 Å². The van der Waals surface area contributed by atoms with Crippen molar-refractivity contribution >= 4 is 38.6 Å². The van der Waals surface area contributed by atoms with Crippen molar-refractivity contribution in [2.75, 3.05) is 0 Å². The van der Waals surface area contributed by atoms with Crippen LogP contribution in [0.5, 0.6) is 0 Å². The summed E-state index contributed by atoms with van der Waals surface area (Å²) in [5, 5.41) is -0.0531. The molecular weight excluding hydrogens is 348 g/mol. The summed E-state index contributed by atoms with van der Waals surface area (Å²) in [7, 11) is 0. The second kappa shape index (κ2) is 6.70. The SMILES string of the molecule is CC(Cl)c1nc2ccc(Br)cc2n1CCCC1CCCC1. The van der Waals surface area contributed by atoms with Crippen molar-refractivity contribution < 1.29 is 0 Å². The highest BCUT2D eigenvalue weighted by Gasteiger charge is 2.17. The average Bonchev–Trinajstić information content (AvgIpc) is 3.07. The lowest BCUT2D eigenvalue weighted by Crippen LogP contribution is -2.06. The Morgan fingerprint density at radius 2 is 2.14 bits per heavy atom. The Hall–Kier alpha value is -0.540. The minimum absolute atomic E-state index is 0.0531. The molecule has 1 aromatic carbocycles. The molecular formula is C17H22BrClN2. The van der Waals surface area contributed by atoms with E-state index >= 15 is 0 Å². The summed E-state index contributed by atoms with van der Waals surface area (Å²) in [6.45, 7) is 3.03. The van der Waals surface area contributed by atoms with Gasteiger partial charge in [0.2, 0.25) is 0 Å². The molecule has 1 aromatic heterocycles. The van der Waals surface area contributed by atoms with Crippen molar-refractivity contribution in [3.63, 3.8) is 0 Å². The normalized spacial score (nSPS) is 17.7. The monoisotopic (exact) mass is 368 g/mol. The number of hydrogen-bond donors (Lipinski definition) is 0. The van der Waals surface area contributed by atoms with Gasteiger partial charge in [-0.2, -0.15) is 0 Å². The summed E-state index contributed by atoms with van der Waals surface area (Å²) >= 11 is 9.89. The zero-order valence-corrected chi connectivity index (χ0v) is 14.8. The van der Waals surface area contributed by atoms with E-state index in [0.717, 1.165) is 28.3 Å². The van der Waals surface area contributed by atoms with Crippen LogP contribution in [0.1, 0.15) is 56.7 Å². The Morgan fingerprint density at radius 1 is 1.38 bits per heavy atom. The second-order valence-corrected chi connectivity index (χ2v) is 7.73. The largest absolute Gasteiger partial charge is 0.327 e. The van der Waals surface area contributed by atoms with Crippen LogP contribution in [0.2, 0.25) is 0 Å². The molecule has 1 unspecified atom stereocenters.